The number of nitrogens with two attached hydrogens (primary N) is 1. The number of fused-ring (bicyclic) bond motifs is 1. The van der Waals surface area contributed by atoms with Crippen molar-refractivity contribution in [2.24, 2.45) is 5.92 Å². The zero-order valence-electron chi connectivity index (χ0n) is 18.3. The second kappa shape index (κ2) is 9.10. The molecule has 5 nitrogen and oxygen atoms in total. The molecule has 0 fully saturated rings. The standard InChI is InChI=1S/C27H27N3O2/c1-3-17(2)26-22(18-10-4-5-13-21(18)27(32)30-26)16-25(31)29-24-15-9-7-12-20(24)19-11-6-8-14-23(19)28/h4-17,26H,3,28H2,1-2H3,(H,29,31)(H,30,32)/b22-16+. The van der Waals surface area contributed by atoms with E-state index in [4.69, 9.17) is 5.73 Å². The number of rotatable bonds is 5. The van der Waals surface area contributed by atoms with Crippen LogP contribution in [0.15, 0.2) is 78.9 Å². The van der Waals surface area contributed by atoms with Gasteiger partial charge in [-0.3, -0.25) is 9.59 Å². The van der Waals surface area contributed by atoms with E-state index < -0.39 is 0 Å². The van der Waals surface area contributed by atoms with Gasteiger partial charge in [0.2, 0.25) is 5.91 Å². The number of para-hydroxylation sites is 2. The molecule has 0 saturated heterocycles. The third-order valence-corrected chi connectivity index (χ3v) is 6.04. The van der Waals surface area contributed by atoms with Crippen molar-refractivity contribution in [3.05, 3.63) is 90.0 Å². The minimum absolute atomic E-state index is 0.103. The van der Waals surface area contributed by atoms with Gasteiger partial charge in [-0.05, 0) is 35.3 Å². The maximum absolute atomic E-state index is 13.2. The Morgan fingerprint density at radius 2 is 1.56 bits per heavy atom. The van der Waals surface area contributed by atoms with Crippen molar-refractivity contribution < 1.29 is 9.59 Å². The van der Waals surface area contributed by atoms with Crippen molar-refractivity contribution in [1.82, 2.24) is 5.32 Å². The molecule has 32 heavy (non-hydrogen) atoms. The average molecular weight is 426 g/mol. The van der Waals surface area contributed by atoms with Crippen LogP contribution < -0.4 is 16.4 Å². The number of benzene rings is 3. The molecule has 162 valence electrons. The van der Waals surface area contributed by atoms with Crippen molar-refractivity contribution in [2.75, 3.05) is 11.1 Å². The summed E-state index contributed by atoms with van der Waals surface area (Å²) in [4.78, 5) is 25.8. The second-order valence-electron chi connectivity index (χ2n) is 8.10. The highest BCUT2D eigenvalue weighted by Gasteiger charge is 2.31. The van der Waals surface area contributed by atoms with E-state index in [0.29, 0.717) is 16.9 Å². The van der Waals surface area contributed by atoms with Crippen molar-refractivity contribution in [3.63, 3.8) is 0 Å². The van der Waals surface area contributed by atoms with E-state index >= 15 is 0 Å². The first-order valence-corrected chi connectivity index (χ1v) is 10.9. The van der Waals surface area contributed by atoms with Crippen molar-refractivity contribution in [2.45, 2.75) is 26.3 Å². The van der Waals surface area contributed by atoms with Gasteiger partial charge in [-0.2, -0.15) is 0 Å². The highest BCUT2D eigenvalue weighted by atomic mass is 16.2. The zero-order chi connectivity index (χ0) is 22.7. The maximum Gasteiger partial charge on any atom is 0.252 e. The van der Waals surface area contributed by atoms with Crippen LogP contribution in [0, 0.1) is 5.92 Å². The van der Waals surface area contributed by atoms with Crippen LogP contribution in [-0.4, -0.2) is 17.9 Å². The summed E-state index contributed by atoms with van der Waals surface area (Å²) in [6.45, 7) is 4.16. The first-order valence-electron chi connectivity index (χ1n) is 10.9. The highest BCUT2D eigenvalue weighted by molar-refractivity contribution is 6.11. The fraction of sp³-hybridized carbons (Fsp3) is 0.185. The van der Waals surface area contributed by atoms with Gasteiger partial charge in [0.05, 0.1) is 6.04 Å². The molecule has 1 aliphatic rings. The predicted molar refractivity (Wildman–Crippen MR) is 130 cm³/mol. The Balaban J connectivity index is 1.71. The van der Waals surface area contributed by atoms with Gasteiger partial charge in [-0.1, -0.05) is 74.9 Å². The lowest BCUT2D eigenvalue weighted by Gasteiger charge is -2.32. The summed E-state index contributed by atoms with van der Waals surface area (Å²) < 4.78 is 0. The zero-order valence-corrected chi connectivity index (χ0v) is 18.3. The summed E-state index contributed by atoms with van der Waals surface area (Å²) in [7, 11) is 0. The van der Waals surface area contributed by atoms with Crippen molar-refractivity contribution in [1.29, 1.82) is 0 Å². The third kappa shape index (κ3) is 4.14. The van der Waals surface area contributed by atoms with Crippen molar-refractivity contribution in [3.8, 4) is 11.1 Å². The Morgan fingerprint density at radius 1 is 0.969 bits per heavy atom. The number of hydrogen-bond acceptors (Lipinski definition) is 3. The molecule has 4 rings (SSSR count). The first-order chi connectivity index (χ1) is 15.5. The number of carbonyl (C=O) groups is 2. The van der Waals surface area contributed by atoms with E-state index in [1.165, 1.54) is 0 Å². The fourth-order valence-corrected chi connectivity index (χ4v) is 4.13. The predicted octanol–water partition coefficient (Wildman–Crippen LogP) is 5.12. The van der Waals surface area contributed by atoms with Gasteiger partial charge >= 0.3 is 0 Å². The van der Waals surface area contributed by atoms with Gasteiger partial charge in [0.1, 0.15) is 0 Å². The minimum atomic E-state index is -0.249. The molecule has 1 aliphatic heterocycles. The lowest BCUT2D eigenvalue weighted by Crippen LogP contribution is -2.44. The Kier molecular flexibility index (Phi) is 6.08. The SMILES string of the molecule is CCC(C)C1NC(=O)c2ccccc2/C1=C\C(=O)Nc1ccccc1-c1ccccc1N. The lowest BCUT2D eigenvalue weighted by atomic mass is 9.82. The van der Waals surface area contributed by atoms with E-state index in [1.807, 2.05) is 66.7 Å². The summed E-state index contributed by atoms with van der Waals surface area (Å²) in [5.41, 5.74) is 11.4. The van der Waals surface area contributed by atoms with Crippen LogP contribution in [0.2, 0.25) is 0 Å². The van der Waals surface area contributed by atoms with Crippen LogP contribution in [0.3, 0.4) is 0 Å². The van der Waals surface area contributed by atoms with Gasteiger partial charge in [-0.25, -0.2) is 0 Å². The summed E-state index contributed by atoms with van der Waals surface area (Å²) in [5.74, 6) is -0.169. The van der Waals surface area contributed by atoms with Gasteiger partial charge in [0, 0.05) is 34.1 Å². The summed E-state index contributed by atoms with van der Waals surface area (Å²) in [6, 6.07) is 22.4. The van der Waals surface area contributed by atoms with Gasteiger partial charge in [-0.15, -0.1) is 0 Å². The molecular weight excluding hydrogens is 398 g/mol. The van der Waals surface area contributed by atoms with Crippen LogP contribution in [0.4, 0.5) is 11.4 Å². The summed E-state index contributed by atoms with van der Waals surface area (Å²) >= 11 is 0. The number of nitrogens with one attached hydrogen (secondary N) is 2. The molecule has 3 aromatic rings. The Labute approximate surface area is 188 Å². The maximum atomic E-state index is 13.2. The molecule has 0 saturated carbocycles. The molecule has 3 aromatic carbocycles. The smallest absolute Gasteiger partial charge is 0.252 e. The number of carbonyl (C=O) groups excluding carboxylic acids is 2. The Hall–Kier alpha value is -3.86. The second-order valence-corrected chi connectivity index (χ2v) is 8.10. The fourth-order valence-electron chi connectivity index (χ4n) is 4.13. The summed E-state index contributed by atoms with van der Waals surface area (Å²) in [6.07, 6.45) is 2.49. The Bertz CT molecular complexity index is 1200. The molecule has 1 heterocycles. The molecule has 4 N–H and O–H groups in total. The van der Waals surface area contributed by atoms with Crippen LogP contribution in [0.1, 0.15) is 36.2 Å². The topological polar surface area (TPSA) is 84.2 Å². The van der Waals surface area contributed by atoms with Gasteiger partial charge < -0.3 is 16.4 Å². The van der Waals surface area contributed by atoms with Gasteiger partial charge in [0.15, 0.2) is 0 Å². The van der Waals surface area contributed by atoms with E-state index in [-0.39, 0.29) is 23.8 Å². The third-order valence-electron chi connectivity index (χ3n) is 6.04. The highest BCUT2D eigenvalue weighted by Crippen LogP contribution is 2.34. The molecule has 0 aliphatic carbocycles. The summed E-state index contributed by atoms with van der Waals surface area (Å²) in [5, 5.41) is 6.10. The van der Waals surface area contributed by atoms with Gasteiger partial charge in [0.25, 0.3) is 5.91 Å². The minimum Gasteiger partial charge on any atom is -0.398 e. The molecule has 5 heteroatoms. The van der Waals surface area contributed by atoms with E-state index in [0.717, 1.165) is 28.7 Å². The number of anilines is 2. The van der Waals surface area contributed by atoms with E-state index in [2.05, 4.69) is 24.5 Å². The molecule has 0 spiro atoms. The molecule has 0 radical (unpaired) electrons. The lowest BCUT2D eigenvalue weighted by molar-refractivity contribution is -0.111. The first kappa shape index (κ1) is 21.4. The van der Waals surface area contributed by atoms with E-state index in [1.54, 1.807) is 12.1 Å². The number of nitrogen functional groups attached to an aromatic ring is 1. The van der Waals surface area contributed by atoms with Crippen LogP contribution in [0.25, 0.3) is 16.7 Å². The monoisotopic (exact) mass is 425 g/mol. The molecule has 0 bridgehead atoms. The average Bonchev–Trinajstić information content (AvgIpc) is 2.81. The van der Waals surface area contributed by atoms with Crippen LogP contribution >= 0.6 is 0 Å². The van der Waals surface area contributed by atoms with Crippen molar-refractivity contribution >= 4 is 28.8 Å². The molecule has 2 atom stereocenters. The van der Waals surface area contributed by atoms with Crippen LogP contribution in [0.5, 0.6) is 0 Å². The van der Waals surface area contributed by atoms with E-state index in [9.17, 15) is 9.59 Å². The Morgan fingerprint density at radius 3 is 2.25 bits per heavy atom. The molecule has 2 unspecified atom stereocenters. The quantitative estimate of drug-likeness (QED) is 0.392. The molecular formula is C27H27N3O2. The normalized spacial score (nSPS) is 17.4. The molecule has 2 amide bonds. The number of hydrogen-bond donors (Lipinski definition) is 3. The molecule has 0 aromatic heterocycles. The number of amides is 2. The van der Waals surface area contributed by atoms with Crippen LogP contribution in [-0.2, 0) is 4.79 Å². The largest absolute Gasteiger partial charge is 0.398 e.